The topological polar surface area (TPSA) is 0 Å². The van der Waals surface area contributed by atoms with Gasteiger partial charge in [0.15, 0.2) is 0 Å². The molecule has 0 heterocycles. The van der Waals surface area contributed by atoms with Gasteiger partial charge in [-0.3, -0.25) is 0 Å². The first-order valence-electron chi connectivity index (χ1n) is 2.95. The zero-order chi connectivity index (χ0) is 7.00. The van der Waals surface area contributed by atoms with E-state index < -0.39 is 6.68 Å². The third kappa shape index (κ3) is 2.34. The van der Waals surface area contributed by atoms with Crippen LogP contribution in [0.5, 0.6) is 0 Å². The Hall–Kier alpha value is 0.736. The summed E-state index contributed by atoms with van der Waals surface area (Å²) in [4.78, 5) is 0. The Labute approximate surface area is 61.3 Å². The van der Waals surface area contributed by atoms with E-state index in [2.05, 4.69) is 49.2 Å². The fourth-order valence-corrected chi connectivity index (χ4v) is 0. The molecule has 0 unspecified atom stereocenters. The second kappa shape index (κ2) is 2.16. The molecule has 0 fully saturated rings. The fraction of sp³-hybridized carbons (Fsp3) is 1.00. The van der Waals surface area contributed by atoms with Gasteiger partial charge in [-0.1, -0.05) is 0 Å². The van der Waals surface area contributed by atoms with Crippen LogP contribution in [0.25, 0.3) is 0 Å². The van der Waals surface area contributed by atoms with E-state index in [0.717, 1.165) is 0 Å². The third-order valence-electron chi connectivity index (χ3n) is 1.81. The summed E-state index contributed by atoms with van der Waals surface area (Å²) < 4.78 is 0. The normalized spacial score (nSPS) is 14.2. The molecule has 0 atom stereocenters. The van der Waals surface area contributed by atoms with Gasteiger partial charge in [0.25, 0.3) is 0 Å². The number of hydrogen-bond donors (Lipinski definition) is 0. The summed E-state index contributed by atoms with van der Waals surface area (Å²) in [6.07, 6.45) is 0. The predicted molar refractivity (Wildman–Crippen MR) is 43.0 cm³/mol. The molecule has 8 heavy (non-hydrogen) atoms. The molecule has 0 rings (SSSR count). The average molecular weight is 194 g/mol. The van der Waals surface area contributed by atoms with Crippen molar-refractivity contribution < 1.29 is 0 Å². The Bertz CT molecular complexity index is 63.5. The van der Waals surface area contributed by atoms with E-state index >= 15 is 0 Å². The molecule has 2 heteroatoms. The van der Waals surface area contributed by atoms with Crippen molar-refractivity contribution >= 4 is 22.1 Å². The predicted octanol–water partition coefficient (Wildman–Crippen LogP) is 2.16. The summed E-state index contributed by atoms with van der Waals surface area (Å²) in [5.74, 6) is 0. The number of hydrogen-bond acceptors (Lipinski definition) is 0. The van der Waals surface area contributed by atoms with Crippen LogP contribution in [-0.2, 0) is 0 Å². The van der Waals surface area contributed by atoms with Gasteiger partial charge in [0.05, 0.1) is 0 Å². The molecule has 0 aromatic heterocycles. The van der Waals surface area contributed by atoms with Crippen LogP contribution in [-0.4, -0.2) is 22.1 Å². The molecule has 0 nitrogen and oxygen atoms in total. The average Bonchev–Trinajstić information content (AvgIpc) is 1.25. The summed E-state index contributed by atoms with van der Waals surface area (Å²) >= 11 is 3.30. The van der Waals surface area contributed by atoms with E-state index in [-0.39, 0.29) is 0 Å². The van der Waals surface area contributed by atoms with E-state index in [1.165, 1.54) is 0 Å². The Morgan fingerprint density at radius 1 is 1.12 bits per heavy atom. The van der Waals surface area contributed by atoms with Gasteiger partial charge in [-0.25, -0.2) is 0 Å². The van der Waals surface area contributed by atoms with Gasteiger partial charge >= 0.3 is 61.0 Å². The first-order chi connectivity index (χ1) is 3.25. The molecule has 0 saturated heterocycles. The minimum atomic E-state index is -0.984. The van der Waals surface area contributed by atoms with Crippen molar-refractivity contribution in [1.29, 1.82) is 0 Å². The van der Waals surface area contributed by atoms with Crippen LogP contribution in [0.15, 0.2) is 0 Å². The van der Waals surface area contributed by atoms with Gasteiger partial charge < -0.3 is 0 Å². The molecule has 0 bridgehead atoms. The van der Waals surface area contributed by atoms with Crippen LogP contribution < -0.4 is 0 Å². The monoisotopic (exact) mass is 195 g/mol. The van der Waals surface area contributed by atoms with E-state index in [9.17, 15) is 0 Å². The maximum absolute atomic E-state index is 3.30. The summed E-state index contributed by atoms with van der Waals surface area (Å²) in [7, 11) is 0. The van der Waals surface area contributed by atoms with Gasteiger partial charge in [0.2, 0.25) is 0 Å². The van der Waals surface area contributed by atoms with Crippen molar-refractivity contribution in [2.24, 2.45) is 0 Å². The zero-order valence-corrected chi connectivity index (χ0v) is 9.12. The van der Waals surface area contributed by atoms with Gasteiger partial charge in [-0.2, -0.15) is 0 Å². The Morgan fingerprint density at radius 3 is 1.25 bits per heavy atom. The van der Waals surface area contributed by atoms with Crippen LogP contribution in [0.1, 0.15) is 20.8 Å². The summed E-state index contributed by atoms with van der Waals surface area (Å²) in [5, 5.41) is 0.521. The van der Waals surface area contributed by atoms with Gasteiger partial charge in [0.1, 0.15) is 0 Å². The first kappa shape index (κ1) is 8.74. The fourth-order valence-electron chi connectivity index (χ4n) is 0. The molecule has 49 valence electrons. The first-order valence-corrected chi connectivity index (χ1v) is 8.43. The molecule has 0 aliphatic carbocycles. The Morgan fingerprint density at radius 2 is 1.25 bits per heavy atom. The molecule has 0 spiro atoms. The quantitative estimate of drug-likeness (QED) is 0.518. The number of rotatable bonds is 0. The molecule has 0 aliphatic rings. The second-order valence-corrected chi connectivity index (χ2v) is 14.7. The summed E-state index contributed by atoms with van der Waals surface area (Å²) in [6.45, 7) is 10.6. The van der Waals surface area contributed by atoms with Crippen LogP contribution in [0.4, 0.5) is 0 Å². The van der Waals surface area contributed by atoms with Crippen molar-refractivity contribution in [1.82, 2.24) is 0 Å². The van der Waals surface area contributed by atoms with Crippen molar-refractivity contribution in [2.75, 3.05) is 0 Å². The molecular weight excluding hydrogens is 179 g/mol. The SMILES string of the molecule is CC(C)(C)[Si](C)(C)[Se]. The minimum absolute atomic E-state index is 0.521. The molecule has 0 amide bonds. The zero-order valence-electron chi connectivity index (χ0n) is 6.41. The van der Waals surface area contributed by atoms with Crippen molar-refractivity contribution in [2.45, 2.75) is 38.9 Å². The van der Waals surface area contributed by atoms with E-state index in [4.69, 9.17) is 0 Å². The van der Waals surface area contributed by atoms with Gasteiger partial charge in [-0.05, 0) is 0 Å². The standard InChI is InChI=1S/C6H15SeSi/c1-6(2,3)8(4,5)7/h1-5H3. The van der Waals surface area contributed by atoms with Gasteiger partial charge in [-0.15, -0.1) is 0 Å². The van der Waals surface area contributed by atoms with Gasteiger partial charge in [0, 0.05) is 0 Å². The van der Waals surface area contributed by atoms with E-state index in [1.54, 1.807) is 0 Å². The molecule has 0 N–H and O–H groups in total. The molecule has 0 saturated carbocycles. The van der Waals surface area contributed by atoms with E-state index in [1.807, 2.05) is 0 Å². The van der Waals surface area contributed by atoms with Crippen LogP contribution in [0.3, 0.4) is 0 Å². The Balaban J connectivity index is 4.02. The molecule has 0 aromatic rings. The maximum atomic E-state index is 3.30. The molecule has 0 aromatic carbocycles. The molecule has 0 aliphatic heterocycles. The van der Waals surface area contributed by atoms with Crippen LogP contribution in [0, 0.1) is 0 Å². The van der Waals surface area contributed by atoms with Crippen LogP contribution >= 0.6 is 0 Å². The molecule has 1 radical (unpaired) electrons. The summed E-state index contributed by atoms with van der Waals surface area (Å²) in [6, 6.07) is 0. The van der Waals surface area contributed by atoms with Crippen molar-refractivity contribution in [3.8, 4) is 0 Å². The molecular formula is C6H15SeSi. The van der Waals surface area contributed by atoms with Crippen LogP contribution in [0.2, 0.25) is 18.1 Å². The van der Waals surface area contributed by atoms with Crippen molar-refractivity contribution in [3.05, 3.63) is 0 Å². The Kier molecular flexibility index (Phi) is 2.36. The second-order valence-electron chi connectivity index (χ2n) is 3.76. The third-order valence-corrected chi connectivity index (χ3v) is 9.27. The summed E-state index contributed by atoms with van der Waals surface area (Å²) in [5.41, 5.74) is 0. The van der Waals surface area contributed by atoms with Crippen molar-refractivity contribution in [3.63, 3.8) is 0 Å². The van der Waals surface area contributed by atoms with E-state index in [0.29, 0.717) is 5.04 Å².